The van der Waals surface area contributed by atoms with E-state index in [1.54, 1.807) is 0 Å². The van der Waals surface area contributed by atoms with E-state index in [4.69, 9.17) is 14.9 Å². The Morgan fingerprint density at radius 1 is 0.534 bits per heavy atom. The minimum atomic E-state index is -1.39. The Balaban J connectivity index is 4.39. The van der Waals surface area contributed by atoms with E-state index >= 15 is 0 Å². The Bertz CT molecular complexity index is 1120. The summed E-state index contributed by atoms with van der Waals surface area (Å²) in [5, 5.41) is 22.6. The maximum atomic E-state index is 12.8. The average Bonchev–Trinajstić information content (AvgIpc) is 3.21. The van der Waals surface area contributed by atoms with Gasteiger partial charge in [-0.2, -0.15) is 0 Å². The van der Waals surface area contributed by atoms with Crippen LogP contribution in [0.25, 0.3) is 0 Å². The van der Waals surface area contributed by atoms with Gasteiger partial charge in [0, 0.05) is 12.8 Å². The van der Waals surface area contributed by atoms with Crippen LogP contribution in [0.3, 0.4) is 0 Å². The molecule has 2 amide bonds. The van der Waals surface area contributed by atoms with Crippen LogP contribution in [0.2, 0.25) is 0 Å². The monoisotopic (exact) mass is 815 g/mol. The van der Waals surface area contributed by atoms with E-state index in [0.29, 0.717) is 12.8 Å². The number of allylic oxidation sites excluding steroid dienone is 8. The van der Waals surface area contributed by atoms with Crippen molar-refractivity contribution in [3.8, 4) is 0 Å². The largest absolute Gasteiger partial charge is 0.480 e. The molecule has 0 aliphatic carbocycles. The number of carboxylic acid groups (broad SMARTS) is 1. The van der Waals surface area contributed by atoms with Gasteiger partial charge in [0.2, 0.25) is 11.8 Å². The summed E-state index contributed by atoms with van der Waals surface area (Å²) in [6.07, 6.45) is 51.4. The molecule has 0 rings (SSSR count). The molecular formula is C49H86N2O7. The summed E-state index contributed by atoms with van der Waals surface area (Å²) in [5.74, 6) is -2.33. The van der Waals surface area contributed by atoms with Crippen LogP contribution in [-0.2, 0) is 23.9 Å². The van der Waals surface area contributed by atoms with Crippen LogP contribution < -0.4 is 10.6 Å². The van der Waals surface area contributed by atoms with Crippen molar-refractivity contribution in [2.75, 3.05) is 13.2 Å². The number of aliphatic hydroxyl groups excluding tert-OH is 1. The first kappa shape index (κ1) is 54.8. The van der Waals surface area contributed by atoms with Gasteiger partial charge < -0.3 is 25.6 Å². The molecule has 4 N–H and O–H groups in total. The van der Waals surface area contributed by atoms with E-state index in [-0.39, 0.29) is 30.9 Å². The molecule has 0 aromatic rings. The molecule has 0 spiro atoms. The summed E-state index contributed by atoms with van der Waals surface area (Å²) < 4.78 is 6.03. The maximum Gasteiger partial charge on any atom is 0.328 e. The Kier molecular flexibility index (Phi) is 41.0. The summed E-state index contributed by atoms with van der Waals surface area (Å²) in [5.41, 5.74) is 0. The molecule has 2 unspecified atom stereocenters. The first-order valence-electron chi connectivity index (χ1n) is 23.5. The molecule has 334 valence electrons. The lowest BCUT2D eigenvalue weighted by Gasteiger charge is -2.18. The highest BCUT2D eigenvalue weighted by Gasteiger charge is 2.19. The van der Waals surface area contributed by atoms with Gasteiger partial charge in [0.1, 0.15) is 12.1 Å². The molecule has 9 heteroatoms. The summed E-state index contributed by atoms with van der Waals surface area (Å²) in [6, 6.07) is -1.39. The van der Waals surface area contributed by atoms with Crippen molar-refractivity contribution in [3.63, 3.8) is 0 Å². The SMILES string of the molecule is CC/C=C\C/C=C\C/C=C\C/C=C\CCCCC(=O)OC(CCCCCCCCCCCCCCCCC)CCCCCCCC(=O)NCC(=O)NC(CO)C(=O)O. The third kappa shape index (κ3) is 39.6. The maximum absolute atomic E-state index is 12.8. The van der Waals surface area contributed by atoms with Crippen LogP contribution >= 0.6 is 0 Å². The summed E-state index contributed by atoms with van der Waals surface area (Å²) in [6.45, 7) is 3.38. The van der Waals surface area contributed by atoms with Gasteiger partial charge in [0.05, 0.1) is 13.2 Å². The highest BCUT2D eigenvalue weighted by atomic mass is 16.5. The number of hydrogen-bond donors (Lipinski definition) is 4. The normalized spacial score (nSPS) is 12.9. The van der Waals surface area contributed by atoms with Crippen LogP contribution in [0.15, 0.2) is 48.6 Å². The summed E-state index contributed by atoms with van der Waals surface area (Å²) in [7, 11) is 0. The number of aliphatic hydroxyl groups is 1. The van der Waals surface area contributed by atoms with E-state index in [1.165, 1.54) is 89.9 Å². The second kappa shape index (κ2) is 43.4. The minimum Gasteiger partial charge on any atom is -0.480 e. The lowest BCUT2D eigenvalue weighted by molar-refractivity contribution is -0.150. The van der Waals surface area contributed by atoms with Gasteiger partial charge in [-0.1, -0.05) is 172 Å². The van der Waals surface area contributed by atoms with Crippen molar-refractivity contribution in [2.45, 2.75) is 225 Å². The lowest BCUT2D eigenvalue weighted by Crippen LogP contribution is -2.47. The van der Waals surface area contributed by atoms with E-state index < -0.39 is 24.5 Å². The van der Waals surface area contributed by atoms with Crippen molar-refractivity contribution in [2.24, 2.45) is 0 Å². The van der Waals surface area contributed by atoms with E-state index in [9.17, 15) is 19.2 Å². The second-order valence-electron chi connectivity index (χ2n) is 15.8. The number of carbonyl (C=O) groups is 4. The fourth-order valence-corrected chi connectivity index (χ4v) is 6.77. The highest BCUT2D eigenvalue weighted by molar-refractivity contribution is 5.87. The predicted molar refractivity (Wildman–Crippen MR) is 241 cm³/mol. The Morgan fingerprint density at radius 3 is 1.47 bits per heavy atom. The third-order valence-corrected chi connectivity index (χ3v) is 10.3. The van der Waals surface area contributed by atoms with Crippen molar-refractivity contribution < 1.29 is 34.1 Å². The van der Waals surface area contributed by atoms with Crippen LogP contribution in [-0.4, -0.2) is 59.3 Å². The minimum absolute atomic E-state index is 0.0349. The van der Waals surface area contributed by atoms with Crippen LogP contribution in [0.4, 0.5) is 0 Å². The number of esters is 1. The van der Waals surface area contributed by atoms with Gasteiger partial charge in [0.25, 0.3) is 0 Å². The Hall–Kier alpha value is -3.20. The van der Waals surface area contributed by atoms with E-state index in [2.05, 4.69) is 73.1 Å². The number of nitrogens with one attached hydrogen (secondary N) is 2. The molecule has 58 heavy (non-hydrogen) atoms. The van der Waals surface area contributed by atoms with Crippen molar-refractivity contribution in [1.82, 2.24) is 10.6 Å². The summed E-state index contributed by atoms with van der Waals surface area (Å²) >= 11 is 0. The molecule has 0 heterocycles. The molecule has 2 atom stereocenters. The third-order valence-electron chi connectivity index (χ3n) is 10.3. The van der Waals surface area contributed by atoms with E-state index in [0.717, 1.165) is 89.9 Å². The van der Waals surface area contributed by atoms with Gasteiger partial charge >= 0.3 is 11.9 Å². The second-order valence-corrected chi connectivity index (χ2v) is 15.8. The van der Waals surface area contributed by atoms with Crippen molar-refractivity contribution >= 4 is 23.8 Å². The fourth-order valence-electron chi connectivity index (χ4n) is 6.77. The molecule has 0 aliphatic rings. The molecule has 0 aromatic heterocycles. The first-order chi connectivity index (χ1) is 28.3. The Morgan fingerprint density at radius 2 is 0.983 bits per heavy atom. The number of carbonyl (C=O) groups excluding carboxylic acids is 3. The standard InChI is InChI=1S/C49H86N2O7/c1-3-5-7-9-11-13-15-17-19-21-23-25-27-30-34-38-44(39-35-31-29-32-36-40-46(53)50-42-47(54)51-45(43-52)49(56)57)58-48(55)41-37-33-28-26-24-22-20-18-16-14-12-10-8-6-4-2/h6,8,12,14,18,20,24,26,44-45,52H,3-5,7,9-11,13,15-17,19,21-23,25,27-43H2,1-2H3,(H,50,53)(H,51,54)(H,56,57)/b8-6-,14-12-,20-18-,26-24-. The van der Waals surface area contributed by atoms with Crippen molar-refractivity contribution in [3.05, 3.63) is 48.6 Å². The number of amides is 2. The average molecular weight is 815 g/mol. The topological polar surface area (TPSA) is 142 Å². The van der Waals surface area contributed by atoms with Gasteiger partial charge in [-0.3, -0.25) is 14.4 Å². The van der Waals surface area contributed by atoms with Crippen LogP contribution in [0.1, 0.15) is 213 Å². The number of rotatable bonds is 42. The van der Waals surface area contributed by atoms with Gasteiger partial charge in [0.15, 0.2) is 0 Å². The van der Waals surface area contributed by atoms with Crippen molar-refractivity contribution in [1.29, 1.82) is 0 Å². The molecule has 0 saturated carbocycles. The predicted octanol–water partition coefficient (Wildman–Crippen LogP) is 11.9. The van der Waals surface area contributed by atoms with E-state index in [1.807, 2.05) is 0 Å². The number of aliphatic carboxylic acids is 1. The molecule has 0 aromatic carbocycles. The number of unbranched alkanes of at least 4 members (excludes halogenated alkanes) is 20. The fraction of sp³-hybridized carbons (Fsp3) is 0.755. The van der Waals surface area contributed by atoms with Crippen LogP contribution in [0, 0.1) is 0 Å². The zero-order valence-corrected chi connectivity index (χ0v) is 37.0. The number of carboxylic acids is 1. The summed E-state index contributed by atoms with van der Waals surface area (Å²) in [4.78, 5) is 47.7. The molecule has 0 aliphatic heterocycles. The van der Waals surface area contributed by atoms with Gasteiger partial charge in [-0.15, -0.1) is 0 Å². The molecule has 0 bridgehead atoms. The van der Waals surface area contributed by atoms with Crippen LogP contribution in [0.5, 0.6) is 0 Å². The highest BCUT2D eigenvalue weighted by Crippen LogP contribution is 2.19. The number of ether oxygens (including phenoxy) is 1. The quantitative estimate of drug-likeness (QED) is 0.0273. The lowest BCUT2D eigenvalue weighted by atomic mass is 10.0. The molecule has 0 fully saturated rings. The van der Waals surface area contributed by atoms with Gasteiger partial charge in [-0.25, -0.2) is 4.79 Å². The zero-order chi connectivity index (χ0) is 42.6. The van der Waals surface area contributed by atoms with Gasteiger partial charge in [-0.05, 0) is 77.0 Å². The smallest absolute Gasteiger partial charge is 0.328 e. The molecule has 0 saturated heterocycles. The molecule has 9 nitrogen and oxygen atoms in total. The number of hydrogen-bond acceptors (Lipinski definition) is 6. The Labute approximate surface area is 354 Å². The molecule has 0 radical (unpaired) electrons. The zero-order valence-electron chi connectivity index (χ0n) is 37.0. The first-order valence-corrected chi connectivity index (χ1v) is 23.5. The molecular weight excluding hydrogens is 729 g/mol.